The van der Waals surface area contributed by atoms with Gasteiger partial charge < -0.3 is 15.9 Å². The van der Waals surface area contributed by atoms with Gasteiger partial charge in [0.05, 0.1) is 0 Å². The van der Waals surface area contributed by atoms with Gasteiger partial charge in [-0.3, -0.25) is 4.79 Å². The van der Waals surface area contributed by atoms with E-state index in [0.29, 0.717) is 5.56 Å². The third-order valence-electron chi connectivity index (χ3n) is 3.66. The second kappa shape index (κ2) is 8.28. The SMILES string of the molecule is CC(O/N=C(/N)c1ccc(F)cc1)C(=O)Nc1ccccc1C(C)C. The van der Waals surface area contributed by atoms with Crippen LogP contribution in [0.3, 0.4) is 0 Å². The monoisotopic (exact) mass is 343 g/mol. The van der Waals surface area contributed by atoms with E-state index in [1.807, 2.05) is 24.3 Å². The van der Waals surface area contributed by atoms with Gasteiger partial charge >= 0.3 is 0 Å². The van der Waals surface area contributed by atoms with Gasteiger partial charge in [0, 0.05) is 11.3 Å². The molecule has 0 aromatic heterocycles. The first kappa shape index (κ1) is 18.4. The number of nitrogens with two attached hydrogens (primary N) is 1. The van der Waals surface area contributed by atoms with E-state index in [0.717, 1.165) is 11.3 Å². The first-order chi connectivity index (χ1) is 11.9. The van der Waals surface area contributed by atoms with E-state index in [4.69, 9.17) is 10.6 Å². The molecule has 2 aromatic rings. The molecule has 0 heterocycles. The summed E-state index contributed by atoms with van der Waals surface area (Å²) >= 11 is 0. The number of benzene rings is 2. The van der Waals surface area contributed by atoms with Crippen LogP contribution in [0.25, 0.3) is 0 Å². The minimum Gasteiger partial charge on any atom is -0.381 e. The Bertz CT molecular complexity index is 758. The number of anilines is 1. The Morgan fingerprint density at radius 3 is 2.40 bits per heavy atom. The number of halogens is 1. The van der Waals surface area contributed by atoms with Gasteiger partial charge in [-0.15, -0.1) is 0 Å². The number of rotatable bonds is 6. The number of nitrogens with zero attached hydrogens (tertiary/aromatic N) is 1. The maximum atomic E-state index is 12.9. The molecule has 0 radical (unpaired) electrons. The number of oxime groups is 1. The van der Waals surface area contributed by atoms with Crippen molar-refractivity contribution in [3.05, 3.63) is 65.5 Å². The number of carbonyl (C=O) groups excluding carboxylic acids is 1. The normalized spacial score (nSPS) is 12.8. The van der Waals surface area contributed by atoms with Crippen LogP contribution in [0.5, 0.6) is 0 Å². The fourth-order valence-electron chi connectivity index (χ4n) is 2.21. The smallest absolute Gasteiger partial charge is 0.267 e. The summed E-state index contributed by atoms with van der Waals surface area (Å²) in [5.41, 5.74) is 8.08. The molecular weight excluding hydrogens is 321 g/mol. The van der Waals surface area contributed by atoms with Crippen LogP contribution in [-0.2, 0) is 9.63 Å². The van der Waals surface area contributed by atoms with Crippen molar-refractivity contribution in [3.8, 4) is 0 Å². The molecule has 6 heteroatoms. The van der Waals surface area contributed by atoms with Gasteiger partial charge in [0.1, 0.15) is 5.82 Å². The summed E-state index contributed by atoms with van der Waals surface area (Å²) < 4.78 is 12.9. The van der Waals surface area contributed by atoms with E-state index in [1.54, 1.807) is 6.92 Å². The predicted molar refractivity (Wildman–Crippen MR) is 96.8 cm³/mol. The molecule has 0 bridgehead atoms. The topological polar surface area (TPSA) is 76.7 Å². The second-order valence-electron chi connectivity index (χ2n) is 5.96. The van der Waals surface area contributed by atoms with Crippen molar-refractivity contribution in [3.63, 3.8) is 0 Å². The zero-order chi connectivity index (χ0) is 18.4. The Morgan fingerprint density at radius 1 is 1.12 bits per heavy atom. The van der Waals surface area contributed by atoms with Gasteiger partial charge in [-0.2, -0.15) is 0 Å². The van der Waals surface area contributed by atoms with Gasteiger partial charge in [-0.1, -0.05) is 37.2 Å². The summed E-state index contributed by atoms with van der Waals surface area (Å²) in [6.45, 7) is 5.69. The highest BCUT2D eigenvalue weighted by Crippen LogP contribution is 2.23. The Balaban J connectivity index is 2.01. The van der Waals surface area contributed by atoms with E-state index < -0.39 is 6.10 Å². The van der Waals surface area contributed by atoms with Crippen molar-refractivity contribution < 1.29 is 14.0 Å². The highest BCUT2D eigenvalue weighted by molar-refractivity contribution is 5.97. The Morgan fingerprint density at radius 2 is 1.76 bits per heavy atom. The molecule has 1 amide bonds. The lowest BCUT2D eigenvalue weighted by Gasteiger charge is -2.15. The molecule has 0 aliphatic carbocycles. The van der Waals surface area contributed by atoms with Crippen LogP contribution in [0, 0.1) is 5.82 Å². The molecule has 2 rings (SSSR count). The molecule has 0 spiro atoms. The van der Waals surface area contributed by atoms with Crippen LogP contribution in [0.4, 0.5) is 10.1 Å². The predicted octanol–water partition coefficient (Wildman–Crippen LogP) is 3.61. The molecule has 0 saturated carbocycles. The van der Waals surface area contributed by atoms with Crippen LogP contribution in [0.15, 0.2) is 53.7 Å². The van der Waals surface area contributed by atoms with E-state index in [1.165, 1.54) is 24.3 Å². The Hall–Kier alpha value is -2.89. The lowest BCUT2D eigenvalue weighted by atomic mass is 10.0. The van der Waals surface area contributed by atoms with Crippen LogP contribution in [-0.4, -0.2) is 17.8 Å². The maximum absolute atomic E-state index is 12.9. The highest BCUT2D eigenvalue weighted by Gasteiger charge is 2.17. The minimum atomic E-state index is -0.834. The van der Waals surface area contributed by atoms with Crippen molar-refractivity contribution >= 4 is 17.4 Å². The number of hydrogen-bond donors (Lipinski definition) is 2. The Labute approximate surface area is 146 Å². The molecule has 1 unspecified atom stereocenters. The molecule has 0 saturated heterocycles. The molecule has 2 aromatic carbocycles. The van der Waals surface area contributed by atoms with Crippen molar-refractivity contribution in [2.75, 3.05) is 5.32 Å². The molecule has 0 aliphatic heterocycles. The van der Waals surface area contributed by atoms with Gasteiger partial charge in [0.25, 0.3) is 5.91 Å². The quantitative estimate of drug-likeness (QED) is 0.478. The van der Waals surface area contributed by atoms with Crippen molar-refractivity contribution in [2.24, 2.45) is 10.9 Å². The average Bonchev–Trinajstić information content (AvgIpc) is 2.60. The average molecular weight is 343 g/mol. The molecule has 3 N–H and O–H groups in total. The standard InChI is InChI=1S/C19H22FN3O2/c1-12(2)16-6-4-5-7-17(16)22-19(24)13(3)25-23-18(21)14-8-10-15(20)11-9-14/h4-13H,1-3H3,(H2,21,23)(H,22,24). The zero-order valence-corrected chi connectivity index (χ0v) is 14.5. The van der Waals surface area contributed by atoms with Gasteiger partial charge in [0.15, 0.2) is 5.84 Å². The number of nitrogens with one attached hydrogen (secondary N) is 1. The van der Waals surface area contributed by atoms with Crippen molar-refractivity contribution in [2.45, 2.75) is 32.8 Å². The molecule has 132 valence electrons. The van der Waals surface area contributed by atoms with Crippen molar-refractivity contribution in [1.82, 2.24) is 0 Å². The summed E-state index contributed by atoms with van der Waals surface area (Å²) in [5.74, 6) is -0.347. The van der Waals surface area contributed by atoms with Crippen LogP contribution >= 0.6 is 0 Å². The lowest BCUT2D eigenvalue weighted by Crippen LogP contribution is -2.28. The zero-order valence-electron chi connectivity index (χ0n) is 14.5. The number of carbonyl (C=O) groups is 1. The number of amides is 1. The molecule has 0 aliphatic rings. The van der Waals surface area contributed by atoms with Gasteiger partial charge in [0.2, 0.25) is 6.10 Å². The van der Waals surface area contributed by atoms with Crippen LogP contribution in [0.2, 0.25) is 0 Å². The maximum Gasteiger partial charge on any atom is 0.267 e. The van der Waals surface area contributed by atoms with E-state index >= 15 is 0 Å². The summed E-state index contributed by atoms with van der Waals surface area (Å²) in [4.78, 5) is 17.5. The summed E-state index contributed by atoms with van der Waals surface area (Å²) in [6.07, 6.45) is -0.834. The number of hydrogen-bond acceptors (Lipinski definition) is 3. The summed E-state index contributed by atoms with van der Waals surface area (Å²) in [6, 6.07) is 13.1. The van der Waals surface area contributed by atoms with E-state index in [-0.39, 0.29) is 23.5 Å². The second-order valence-corrected chi connectivity index (χ2v) is 5.96. The number of para-hydroxylation sites is 1. The van der Waals surface area contributed by atoms with Crippen LogP contribution < -0.4 is 11.1 Å². The first-order valence-corrected chi connectivity index (χ1v) is 8.03. The largest absolute Gasteiger partial charge is 0.381 e. The lowest BCUT2D eigenvalue weighted by molar-refractivity contribution is -0.126. The fraction of sp³-hybridized carbons (Fsp3) is 0.263. The molecular formula is C19H22FN3O2. The third kappa shape index (κ3) is 5.04. The molecule has 0 fully saturated rings. The summed E-state index contributed by atoms with van der Waals surface area (Å²) in [5, 5.41) is 6.59. The first-order valence-electron chi connectivity index (χ1n) is 8.03. The van der Waals surface area contributed by atoms with Gasteiger partial charge in [-0.25, -0.2) is 4.39 Å². The fourth-order valence-corrected chi connectivity index (χ4v) is 2.21. The van der Waals surface area contributed by atoms with E-state index in [2.05, 4.69) is 24.3 Å². The third-order valence-corrected chi connectivity index (χ3v) is 3.66. The Kier molecular flexibility index (Phi) is 6.11. The minimum absolute atomic E-state index is 0.0715. The molecule has 1 atom stereocenters. The van der Waals surface area contributed by atoms with Crippen molar-refractivity contribution in [1.29, 1.82) is 0 Å². The van der Waals surface area contributed by atoms with E-state index in [9.17, 15) is 9.18 Å². The van der Waals surface area contributed by atoms with Crippen LogP contribution in [0.1, 0.15) is 37.8 Å². The number of amidine groups is 1. The highest BCUT2D eigenvalue weighted by atomic mass is 19.1. The molecule has 5 nitrogen and oxygen atoms in total. The molecule has 25 heavy (non-hydrogen) atoms. The van der Waals surface area contributed by atoms with Gasteiger partial charge in [-0.05, 0) is 48.7 Å². The summed E-state index contributed by atoms with van der Waals surface area (Å²) in [7, 11) is 0.